The van der Waals surface area contributed by atoms with Gasteiger partial charge in [-0.25, -0.2) is 9.59 Å². The predicted molar refractivity (Wildman–Crippen MR) is 99.1 cm³/mol. The van der Waals surface area contributed by atoms with Crippen molar-refractivity contribution in [2.45, 2.75) is 6.92 Å². The Hall–Kier alpha value is -3.62. The number of hydrogen-bond donors (Lipinski definition) is 0. The molecular formula is C18H19N5O4. The van der Waals surface area contributed by atoms with Crippen molar-refractivity contribution in [1.82, 2.24) is 19.8 Å². The Kier molecular flexibility index (Phi) is 4.93. The van der Waals surface area contributed by atoms with Crippen molar-refractivity contribution >= 4 is 11.7 Å². The molecule has 3 rings (SSSR count). The van der Waals surface area contributed by atoms with E-state index < -0.39 is 11.7 Å². The lowest BCUT2D eigenvalue weighted by molar-refractivity contribution is 0.244. The van der Waals surface area contributed by atoms with Crippen molar-refractivity contribution in [3.8, 4) is 17.2 Å². The van der Waals surface area contributed by atoms with Crippen LogP contribution in [0.5, 0.6) is 11.5 Å². The number of carbonyl (C=O) groups is 1. The lowest BCUT2D eigenvalue weighted by atomic mass is 10.2. The van der Waals surface area contributed by atoms with Crippen LogP contribution in [0.15, 0.2) is 47.3 Å². The highest BCUT2D eigenvalue weighted by Gasteiger charge is 2.23. The maximum absolute atomic E-state index is 12.8. The number of tetrazole rings is 1. The van der Waals surface area contributed by atoms with Gasteiger partial charge >= 0.3 is 11.7 Å². The molecule has 140 valence electrons. The van der Waals surface area contributed by atoms with E-state index in [-0.39, 0.29) is 0 Å². The molecule has 0 radical (unpaired) electrons. The van der Waals surface area contributed by atoms with Crippen molar-refractivity contribution in [3.63, 3.8) is 0 Å². The fraction of sp³-hybridized carbons (Fsp3) is 0.222. The minimum Gasteiger partial charge on any atom is -0.495 e. The van der Waals surface area contributed by atoms with Gasteiger partial charge in [0.25, 0.3) is 0 Å². The fourth-order valence-electron chi connectivity index (χ4n) is 2.63. The largest absolute Gasteiger partial charge is 0.495 e. The van der Waals surface area contributed by atoms with Crippen LogP contribution in [0.4, 0.5) is 10.5 Å². The molecule has 0 atom stereocenters. The van der Waals surface area contributed by atoms with E-state index in [2.05, 4.69) is 10.4 Å². The van der Waals surface area contributed by atoms with E-state index >= 15 is 0 Å². The quantitative estimate of drug-likeness (QED) is 0.652. The molecule has 0 saturated carbocycles. The molecular weight excluding hydrogens is 350 g/mol. The third-order valence-corrected chi connectivity index (χ3v) is 4.06. The van der Waals surface area contributed by atoms with Crippen molar-refractivity contribution in [2.75, 3.05) is 26.2 Å². The second-order valence-corrected chi connectivity index (χ2v) is 5.77. The molecule has 1 amide bonds. The number of benzene rings is 2. The molecule has 27 heavy (non-hydrogen) atoms. The highest BCUT2D eigenvalue weighted by molar-refractivity contribution is 5.94. The molecule has 0 bridgehead atoms. The smallest absolute Gasteiger partial charge is 0.377 e. The van der Waals surface area contributed by atoms with Gasteiger partial charge in [-0.2, -0.15) is 4.68 Å². The predicted octanol–water partition coefficient (Wildman–Crippen LogP) is 1.86. The van der Waals surface area contributed by atoms with E-state index in [1.165, 1.54) is 26.2 Å². The molecule has 0 unspecified atom stereocenters. The van der Waals surface area contributed by atoms with Crippen LogP contribution < -0.4 is 20.1 Å². The number of aromatic nitrogens is 4. The number of aryl methyl sites for hydroxylation is 1. The van der Waals surface area contributed by atoms with Crippen molar-refractivity contribution in [1.29, 1.82) is 0 Å². The number of carbonyl (C=O) groups excluding carboxylic acids is 1. The van der Waals surface area contributed by atoms with Crippen LogP contribution in [0.3, 0.4) is 0 Å². The van der Waals surface area contributed by atoms with Gasteiger partial charge in [0.1, 0.15) is 17.2 Å². The van der Waals surface area contributed by atoms with Gasteiger partial charge in [-0.1, -0.05) is 18.2 Å². The van der Waals surface area contributed by atoms with Crippen molar-refractivity contribution < 1.29 is 14.3 Å². The Morgan fingerprint density at radius 1 is 1.04 bits per heavy atom. The molecule has 9 nitrogen and oxygen atoms in total. The van der Waals surface area contributed by atoms with Crippen LogP contribution >= 0.6 is 0 Å². The zero-order chi connectivity index (χ0) is 19.6. The summed E-state index contributed by atoms with van der Waals surface area (Å²) >= 11 is 0. The van der Waals surface area contributed by atoms with Crippen LogP contribution in [0.25, 0.3) is 5.69 Å². The molecule has 2 aromatic carbocycles. The first-order valence-corrected chi connectivity index (χ1v) is 8.09. The van der Waals surface area contributed by atoms with Crippen LogP contribution in [-0.4, -0.2) is 47.1 Å². The summed E-state index contributed by atoms with van der Waals surface area (Å²) in [6.07, 6.45) is 0. The monoisotopic (exact) mass is 369 g/mol. The molecule has 3 aromatic rings. The van der Waals surface area contributed by atoms with Gasteiger partial charge in [0, 0.05) is 7.05 Å². The topological polar surface area (TPSA) is 91.5 Å². The Bertz CT molecular complexity index is 1040. The number of ether oxygens (including phenoxy) is 2. The second-order valence-electron chi connectivity index (χ2n) is 5.77. The Morgan fingerprint density at radius 3 is 2.44 bits per heavy atom. The van der Waals surface area contributed by atoms with Crippen LogP contribution in [0, 0.1) is 6.92 Å². The molecule has 9 heteroatoms. The van der Waals surface area contributed by atoms with Crippen LogP contribution in [0.1, 0.15) is 5.56 Å². The first-order chi connectivity index (χ1) is 13.0. The molecule has 0 spiro atoms. The average Bonchev–Trinajstić information content (AvgIpc) is 3.07. The Balaban J connectivity index is 2.01. The van der Waals surface area contributed by atoms with E-state index in [0.717, 1.165) is 10.2 Å². The zero-order valence-electron chi connectivity index (χ0n) is 15.4. The third kappa shape index (κ3) is 3.26. The van der Waals surface area contributed by atoms with Crippen LogP contribution in [-0.2, 0) is 0 Å². The second kappa shape index (κ2) is 7.32. The van der Waals surface area contributed by atoms with Gasteiger partial charge in [0.2, 0.25) is 0 Å². The highest BCUT2D eigenvalue weighted by Crippen LogP contribution is 2.28. The van der Waals surface area contributed by atoms with E-state index in [9.17, 15) is 9.59 Å². The SMILES string of the molecule is COc1ccc(C)cc1N(C)C(=O)n1nnn(-c2ccccc2OC)c1=O. The first kappa shape index (κ1) is 18.2. The summed E-state index contributed by atoms with van der Waals surface area (Å²) in [6.45, 7) is 1.89. The van der Waals surface area contributed by atoms with Gasteiger partial charge in [0.05, 0.1) is 19.9 Å². The number of para-hydroxylation sites is 2. The molecule has 0 aliphatic carbocycles. The number of nitrogens with zero attached hydrogens (tertiary/aromatic N) is 5. The lowest BCUT2D eigenvalue weighted by Crippen LogP contribution is -2.39. The number of amides is 1. The number of anilines is 1. The lowest BCUT2D eigenvalue weighted by Gasteiger charge is -2.19. The van der Waals surface area contributed by atoms with Crippen molar-refractivity contribution in [2.24, 2.45) is 0 Å². The van der Waals surface area contributed by atoms with E-state index in [0.29, 0.717) is 27.6 Å². The number of rotatable bonds is 4. The molecule has 0 N–H and O–H groups in total. The molecule has 0 aliphatic heterocycles. The van der Waals surface area contributed by atoms with Gasteiger partial charge in [-0.05, 0) is 47.2 Å². The first-order valence-electron chi connectivity index (χ1n) is 8.09. The summed E-state index contributed by atoms with van der Waals surface area (Å²) in [4.78, 5) is 26.8. The molecule has 0 aliphatic rings. The Morgan fingerprint density at radius 2 is 1.74 bits per heavy atom. The van der Waals surface area contributed by atoms with Gasteiger partial charge < -0.3 is 9.47 Å². The Labute approximate surface area is 155 Å². The maximum atomic E-state index is 12.8. The summed E-state index contributed by atoms with van der Waals surface area (Å²) in [5.41, 5.74) is 1.14. The van der Waals surface area contributed by atoms with Gasteiger partial charge in [-0.3, -0.25) is 4.90 Å². The molecule has 0 fully saturated rings. The summed E-state index contributed by atoms with van der Waals surface area (Å²) in [5.74, 6) is 0.939. The van der Waals surface area contributed by atoms with Crippen LogP contribution in [0.2, 0.25) is 0 Å². The average molecular weight is 369 g/mol. The number of hydrogen-bond acceptors (Lipinski definition) is 6. The summed E-state index contributed by atoms with van der Waals surface area (Å²) in [7, 11) is 4.53. The molecule has 1 aromatic heterocycles. The minimum atomic E-state index is -0.706. The maximum Gasteiger partial charge on any atom is 0.377 e. The van der Waals surface area contributed by atoms with Gasteiger partial charge in [0.15, 0.2) is 0 Å². The minimum absolute atomic E-state index is 0.389. The normalized spacial score (nSPS) is 10.5. The summed E-state index contributed by atoms with van der Waals surface area (Å²) in [6, 6.07) is 11.6. The zero-order valence-corrected chi connectivity index (χ0v) is 15.4. The summed E-state index contributed by atoms with van der Waals surface area (Å²) in [5, 5.41) is 7.53. The van der Waals surface area contributed by atoms with E-state index in [1.54, 1.807) is 36.4 Å². The standard InChI is InChI=1S/C18H19N5O4/c1-12-9-10-16(27-4)14(11-12)21(2)17(24)23-18(25)22(19-20-23)13-7-5-6-8-15(13)26-3/h5-11H,1-4H3. The number of methoxy groups -OCH3 is 2. The third-order valence-electron chi connectivity index (χ3n) is 4.06. The summed E-state index contributed by atoms with van der Waals surface area (Å²) < 4.78 is 12.2. The van der Waals surface area contributed by atoms with Crippen molar-refractivity contribution in [3.05, 3.63) is 58.5 Å². The highest BCUT2D eigenvalue weighted by atomic mass is 16.5. The van der Waals surface area contributed by atoms with E-state index in [1.807, 2.05) is 13.0 Å². The van der Waals surface area contributed by atoms with E-state index in [4.69, 9.17) is 9.47 Å². The van der Waals surface area contributed by atoms with Gasteiger partial charge in [-0.15, -0.1) is 4.68 Å². The molecule has 1 heterocycles. The fourth-order valence-corrected chi connectivity index (χ4v) is 2.63. The molecule has 0 saturated heterocycles.